The Hall–Kier alpha value is -0.570. The standard InChI is InChI=1S/C8H15NO2.C2H6/c1-3-9-7(10)8(2)4-5-11-6-8;1-2/h3-6H2,1-2H3,(H,9,10);1-2H3. The molecule has 0 aromatic rings. The van der Waals surface area contributed by atoms with Crippen molar-refractivity contribution in [3.63, 3.8) is 0 Å². The van der Waals surface area contributed by atoms with Crippen LogP contribution in [0.2, 0.25) is 0 Å². The van der Waals surface area contributed by atoms with Gasteiger partial charge < -0.3 is 10.1 Å². The van der Waals surface area contributed by atoms with Gasteiger partial charge in [0.1, 0.15) is 0 Å². The van der Waals surface area contributed by atoms with Gasteiger partial charge in [0.05, 0.1) is 12.0 Å². The van der Waals surface area contributed by atoms with Crippen molar-refractivity contribution in [2.75, 3.05) is 19.8 Å². The molecule has 0 spiro atoms. The van der Waals surface area contributed by atoms with Crippen molar-refractivity contribution < 1.29 is 9.53 Å². The van der Waals surface area contributed by atoms with Crippen LogP contribution in [0.5, 0.6) is 0 Å². The maximum atomic E-state index is 11.4. The Morgan fingerprint density at radius 2 is 2.15 bits per heavy atom. The van der Waals surface area contributed by atoms with Crippen LogP contribution in [0.15, 0.2) is 0 Å². The van der Waals surface area contributed by atoms with E-state index in [9.17, 15) is 4.79 Å². The number of carbonyl (C=O) groups is 1. The first kappa shape index (κ1) is 12.4. The van der Waals surface area contributed by atoms with Gasteiger partial charge in [-0.15, -0.1) is 0 Å². The van der Waals surface area contributed by atoms with Crippen LogP contribution in [0.1, 0.15) is 34.1 Å². The minimum atomic E-state index is -0.268. The first-order valence-corrected chi connectivity index (χ1v) is 5.05. The average Bonchev–Trinajstić information content (AvgIpc) is 2.58. The zero-order valence-corrected chi connectivity index (χ0v) is 9.14. The third kappa shape index (κ3) is 3.35. The first-order chi connectivity index (χ1) is 6.19. The molecule has 0 aromatic heterocycles. The van der Waals surface area contributed by atoms with Gasteiger partial charge in [-0.25, -0.2) is 0 Å². The average molecular weight is 187 g/mol. The van der Waals surface area contributed by atoms with Crippen LogP contribution in [-0.2, 0) is 9.53 Å². The highest BCUT2D eigenvalue weighted by atomic mass is 16.5. The molecule has 78 valence electrons. The van der Waals surface area contributed by atoms with Crippen molar-refractivity contribution in [1.29, 1.82) is 0 Å². The van der Waals surface area contributed by atoms with E-state index in [4.69, 9.17) is 4.74 Å². The Morgan fingerprint density at radius 1 is 1.54 bits per heavy atom. The van der Waals surface area contributed by atoms with Crippen LogP contribution in [0.3, 0.4) is 0 Å². The lowest BCUT2D eigenvalue weighted by Gasteiger charge is -2.19. The Kier molecular flexibility index (Phi) is 5.71. The Balaban J connectivity index is 0.000000671. The quantitative estimate of drug-likeness (QED) is 0.712. The van der Waals surface area contributed by atoms with Crippen molar-refractivity contribution in [3.05, 3.63) is 0 Å². The second-order valence-corrected chi connectivity index (χ2v) is 3.22. The zero-order valence-electron chi connectivity index (χ0n) is 9.14. The second-order valence-electron chi connectivity index (χ2n) is 3.22. The predicted octanol–water partition coefficient (Wildman–Crippen LogP) is 1.58. The molecule has 1 heterocycles. The normalized spacial score (nSPS) is 26.2. The van der Waals surface area contributed by atoms with Crippen molar-refractivity contribution in [2.24, 2.45) is 5.41 Å². The molecule has 0 bridgehead atoms. The molecule has 0 aliphatic carbocycles. The Labute approximate surface area is 80.8 Å². The fraction of sp³-hybridized carbons (Fsp3) is 0.900. The van der Waals surface area contributed by atoms with Gasteiger partial charge in [-0.2, -0.15) is 0 Å². The highest BCUT2D eigenvalue weighted by Gasteiger charge is 2.36. The second kappa shape index (κ2) is 5.97. The fourth-order valence-corrected chi connectivity index (χ4v) is 1.22. The van der Waals surface area contributed by atoms with E-state index in [0.717, 1.165) is 6.42 Å². The summed E-state index contributed by atoms with van der Waals surface area (Å²) in [6.07, 6.45) is 0.846. The van der Waals surface area contributed by atoms with Gasteiger partial charge in [-0.3, -0.25) is 4.79 Å². The molecular weight excluding hydrogens is 166 g/mol. The smallest absolute Gasteiger partial charge is 0.228 e. The molecule has 0 radical (unpaired) electrons. The molecule has 0 saturated carbocycles. The number of nitrogens with one attached hydrogen (secondary N) is 1. The summed E-state index contributed by atoms with van der Waals surface area (Å²) in [6, 6.07) is 0. The van der Waals surface area contributed by atoms with Gasteiger partial charge in [0.25, 0.3) is 0 Å². The van der Waals surface area contributed by atoms with Crippen LogP contribution in [0.4, 0.5) is 0 Å². The lowest BCUT2D eigenvalue weighted by atomic mass is 9.89. The maximum absolute atomic E-state index is 11.4. The summed E-state index contributed by atoms with van der Waals surface area (Å²) in [5.41, 5.74) is -0.268. The maximum Gasteiger partial charge on any atom is 0.228 e. The molecule has 3 heteroatoms. The number of carbonyl (C=O) groups excluding carboxylic acids is 1. The van der Waals surface area contributed by atoms with E-state index < -0.39 is 0 Å². The van der Waals surface area contributed by atoms with E-state index in [-0.39, 0.29) is 11.3 Å². The van der Waals surface area contributed by atoms with E-state index in [2.05, 4.69) is 5.32 Å². The lowest BCUT2D eigenvalue weighted by Crippen LogP contribution is -2.39. The molecule has 1 fully saturated rings. The molecule has 0 aromatic carbocycles. The molecule has 1 amide bonds. The first-order valence-electron chi connectivity index (χ1n) is 5.05. The van der Waals surface area contributed by atoms with Crippen LogP contribution in [0.25, 0.3) is 0 Å². The molecule has 1 aliphatic rings. The molecular formula is C10H21NO2. The van der Waals surface area contributed by atoms with Crippen molar-refractivity contribution in [1.82, 2.24) is 5.32 Å². The largest absolute Gasteiger partial charge is 0.380 e. The highest BCUT2D eigenvalue weighted by Crippen LogP contribution is 2.27. The van der Waals surface area contributed by atoms with Crippen LogP contribution < -0.4 is 5.32 Å². The molecule has 1 rings (SSSR count). The summed E-state index contributed by atoms with van der Waals surface area (Å²) in [6.45, 7) is 9.86. The molecule has 1 unspecified atom stereocenters. The van der Waals surface area contributed by atoms with Gasteiger partial charge in [0, 0.05) is 13.2 Å². The highest BCUT2D eigenvalue weighted by molar-refractivity contribution is 5.82. The molecule has 13 heavy (non-hydrogen) atoms. The summed E-state index contributed by atoms with van der Waals surface area (Å²) in [5, 5.41) is 2.81. The Bertz CT molecular complexity index is 151. The van der Waals surface area contributed by atoms with E-state index in [1.807, 2.05) is 27.7 Å². The topological polar surface area (TPSA) is 38.3 Å². The summed E-state index contributed by atoms with van der Waals surface area (Å²) in [7, 11) is 0. The molecule has 1 saturated heterocycles. The summed E-state index contributed by atoms with van der Waals surface area (Å²) < 4.78 is 5.17. The zero-order chi connectivity index (χ0) is 10.3. The third-order valence-electron chi connectivity index (χ3n) is 2.10. The fourth-order valence-electron chi connectivity index (χ4n) is 1.22. The summed E-state index contributed by atoms with van der Waals surface area (Å²) in [4.78, 5) is 11.4. The van der Waals surface area contributed by atoms with Gasteiger partial charge in [0.2, 0.25) is 5.91 Å². The Morgan fingerprint density at radius 3 is 2.54 bits per heavy atom. The van der Waals surface area contributed by atoms with E-state index in [0.29, 0.717) is 19.8 Å². The number of ether oxygens (including phenoxy) is 1. The number of rotatable bonds is 2. The van der Waals surface area contributed by atoms with Crippen molar-refractivity contribution >= 4 is 5.91 Å². The minimum Gasteiger partial charge on any atom is -0.380 e. The monoisotopic (exact) mass is 187 g/mol. The predicted molar refractivity (Wildman–Crippen MR) is 53.6 cm³/mol. The summed E-state index contributed by atoms with van der Waals surface area (Å²) in [5.74, 6) is 0.123. The van der Waals surface area contributed by atoms with E-state index in [1.54, 1.807) is 0 Å². The minimum absolute atomic E-state index is 0.123. The van der Waals surface area contributed by atoms with Crippen LogP contribution in [-0.4, -0.2) is 25.7 Å². The number of hydrogen-bond acceptors (Lipinski definition) is 2. The van der Waals surface area contributed by atoms with Crippen molar-refractivity contribution in [2.45, 2.75) is 34.1 Å². The molecule has 1 atom stereocenters. The van der Waals surface area contributed by atoms with Crippen LogP contribution >= 0.6 is 0 Å². The molecule has 3 nitrogen and oxygen atoms in total. The van der Waals surface area contributed by atoms with Crippen molar-refractivity contribution in [3.8, 4) is 0 Å². The third-order valence-corrected chi connectivity index (χ3v) is 2.10. The molecule has 1 aliphatic heterocycles. The number of hydrogen-bond donors (Lipinski definition) is 1. The van der Waals surface area contributed by atoms with E-state index >= 15 is 0 Å². The van der Waals surface area contributed by atoms with Gasteiger partial charge in [-0.05, 0) is 20.3 Å². The van der Waals surface area contributed by atoms with Gasteiger partial charge in [0.15, 0.2) is 0 Å². The lowest BCUT2D eigenvalue weighted by molar-refractivity contribution is -0.130. The number of amides is 1. The SMILES string of the molecule is CC.CCNC(=O)C1(C)CCOC1. The van der Waals surface area contributed by atoms with E-state index in [1.165, 1.54) is 0 Å². The van der Waals surface area contributed by atoms with Gasteiger partial charge in [-0.1, -0.05) is 13.8 Å². The molecule has 1 N–H and O–H groups in total. The van der Waals surface area contributed by atoms with Crippen LogP contribution in [0, 0.1) is 5.41 Å². The van der Waals surface area contributed by atoms with Gasteiger partial charge >= 0.3 is 0 Å². The summed E-state index contributed by atoms with van der Waals surface area (Å²) >= 11 is 0.